The standard InChI is InChI=1S/C14H8Cl2F2O/c1-7-4-8(15)2-3-9(7)14(19)10-5-12(17)13(18)6-11(10)16/h2-6H,1H3. The first-order valence-corrected chi connectivity index (χ1v) is 6.11. The average molecular weight is 301 g/mol. The third kappa shape index (κ3) is 2.77. The van der Waals surface area contributed by atoms with Crippen LogP contribution in [0.2, 0.25) is 10.0 Å². The minimum Gasteiger partial charge on any atom is -0.289 e. The molecule has 0 aliphatic heterocycles. The minimum atomic E-state index is -1.11. The maximum atomic E-state index is 13.2. The molecule has 2 rings (SSSR count). The number of aryl methyl sites for hydroxylation is 1. The molecule has 0 spiro atoms. The van der Waals surface area contributed by atoms with Crippen molar-refractivity contribution >= 4 is 29.0 Å². The van der Waals surface area contributed by atoms with Crippen LogP contribution in [0.5, 0.6) is 0 Å². The lowest BCUT2D eigenvalue weighted by Gasteiger charge is -2.07. The van der Waals surface area contributed by atoms with Gasteiger partial charge in [-0.2, -0.15) is 0 Å². The van der Waals surface area contributed by atoms with E-state index in [1.54, 1.807) is 19.1 Å². The Balaban J connectivity index is 2.53. The molecule has 0 bridgehead atoms. The van der Waals surface area contributed by atoms with E-state index >= 15 is 0 Å². The summed E-state index contributed by atoms with van der Waals surface area (Å²) in [6, 6.07) is 6.28. The average Bonchev–Trinajstić information content (AvgIpc) is 2.33. The molecule has 0 saturated carbocycles. The van der Waals surface area contributed by atoms with Crippen molar-refractivity contribution in [2.24, 2.45) is 0 Å². The minimum absolute atomic E-state index is 0.0778. The summed E-state index contributed by atoms with van der Waals surface area (Å²) in [5.74, 6) is -2.67. The third-order valence-corrected chi connectivity index (χ3v) is 3.24. The van der Waals surface area contributed by atoms with Gasteiger partial charge < -0.3 is 0 Å². The summed E-state index contributed by atoms with van der Waals surface area (Å²) in [4.78, 5) is 12.2. The van der Waals surface area contributed by atoms with Crippen LogP contribution in [-0.4, -0.2) is 5.78 Å². The maximum Gasteiger partial charge on any atom is 0.194 e. The summed E-state index contributed by atoms with van der Waals surface area (Å²) in [6.45, 7) is 1.70. The van der Waals surface area contributed by atoms with Crippen LogP contribution >= 0.6 is 23.2 Å². The van der Waals surface area contributed by atoms with Gasteiger partial charge in [-0.1, -0.05) is 23.2 Å². The quantitative estimate of drug-likeness (QED) is 0.574. The molecular weight excluding hydrogens is 293 g/mol. The number of halogens is 4. The second kappa shape index (κ2) is 5.27. The maximum absolute atomic E-state index is 13.2. The number of hydrogen-bond donors (Lipinski definition) is 0. The molecule has 0 radical (unpaired) electrons. The number of carbonyl (C=O) groups is 1. The summed E-state index contributed by atoms with van der Waals surface area (Å²) in [5, 5.41) is 0.365. The van der Waals surface area contributed by atoms with Gasteiger partial charge in [0.05, 0.1) is 5.02 Å². The Labute approximate surface area is 118 Å². The van der Waals surface area contributed by atoms with Crippen molar-refractivity contribution in [3.05, 3.63) is 68.7 Å². The smallest absolute Gasteiger partial charge is 0.194 e. The van der Waals surface area contributed by atoms with E-state index in [0.717, 1.165) is 12.1 Å². The van der Waals surface area contributed by atoms with Gasteiger partial charge in [-0.25, -0.2) is 8.78 Å². The zero-order chi connectivity index (χ0) is 14.2. The Morgan fingerprint density at radius 2 is 1.63 bits per heavy atom. The topological polar surface area (TPSA) is 17.1 Å². The van der Waals surface area contributed by atoms with Crippen LogP contribution in [0.15, 0.2) is 30.3 Å². The first-order valence-electron chi connectivity index (χ1n) is 5.35. The van der Waals surface area contributed by atoms with E-state index in [4.69, 9.17) is 23.2 Å². The van der Waals surface area contributed by atoms with Crippen molar-refractivity contribution in [3.8, 4) is 0 Å². The molecule has 0 unspecified atom stereocenters. The van der Waals surface area contributed by atoms with Crippen molar-refractivity contribution in [1.29, 1.82) is 0 Å². The highest BCUT2D eigenvalue weighted by atomic mass is 35.5. The van der Waals surface area contributed by atoms with Gasteiger partial charge in [-0.3, -0.25) is 4.79 Å². The molecule has 0 saturated heterocycles. The normalized spacial score (nSPS) is 10.6. The zero-order valence-electron chi connectivity index (χ0n) is 9.81. The third-order valence-electron chi connectivity index (χ3n) is 2.69. The molecule has 0 amide bonds. The van der Waals surface area contributed by atoms with Crippen LogP contribution in [-0.2, 0) is 0 Å². The van der Waals surface area contributed by atoms with Gasteiger partial charge in [0.1, 0.15) is 0 Å². The molecule has 0 atom stereocenters. The highest BCUT2D eigenvalue weighted by Crippen LogP contribution is 2.25. The first kappa shape index (κ1) is 14.0. The lowest BCUT2D eigenvalue weighted by Crippen LogP contribution is -2.06. The molecule has 19 heavy (non-hydrogen) atoms. The fraction of sp³-hybridized carbons (Fsp3) is 0.0714. The molecule has 0 fully saturated rings. The fourth-order valence-corrected chi connectivity index (χ4v) is 2.19. The largest absolute Gasteiger partial charge is 0.289 e. The SMILES string of the molecule is Cc1cc(Cl)ccc1C(=O)c1cc(F)c(F)cc1Cl. The van der Waals surface area contributed by atoms with Gasteiger partial charge in [-0.05, 0) is 42.8 Å². The molecule has 5 heteroatoms. The van der Waals surface area contributed by atoms with Crippen LogP contribution < -0.4 is 0 Å². The van der Waals surface area contributed by atoms with Crippen molar-refractivity contribution < 1.29 is 13.6 Å². The van der Waals surface area contributed by atoms with Crippen LogP contribution in [0.3, 0.4) is 0 Å². The van der Waals surface area contributed by atoms with E-state index in [9.17, 15) is 13.6 Å². The Bertz CT molecular complexity index is 669. The Hall–Kier alpha value is -1.45. The van der Waals surface area contributed by atoms with Crippen molar-refractivity contribution in [1.82, 2.24) is 0 Å². The highest BCUT2D eigenvalue weighted by Gasteiger charge is 2.18. The second-order valence-electron chi connectivity index (χ2n) is 4.03. The number of hydrogen-bond acceptors (Lipinski definition) is 1. The van der Waals surface area contributed by atoms with Gasteiger partial charge >= 0.3 is 0 Å². The molecule has 98 valence electrons. The van der Waals surface area contributed by atoms with Gasteiger partial charge in [0.15, 0.2) is 17.4 Å². The first-order chi connectivity index (χ1) is 8.90. The van der Waals surface area contributed by atoms with E-state index < -0.39 is 17.4 Å². The predicted molar refractivity (Wildman–Crippen MR) is 71.0 cm³/mol. The Morgan fingerprint density at radius 3 is 2.26 bits per heavy atom. The molecular formula is C14H8Cl2F2O. The van der Waals surface area contributed by atoms with E-state index in [1.807, 2.05) is 0 Å². The van der Waals surface area contributed by atoms with Gasteiger partial charge in [0, 0.05) is 16.1 Å². The zero-order valence-corrected chi connectivity index (χ0v) is 11.3. The van der Waals surface area contributed by atoms with Crippen LogP contribution in [0.4, 0.5) is 8.78 Å². The number of ketones is 1. The molecule has 2 aromatic carbocycles. The summed E-state index contributed by atoms with van der Waals surface area (Å²) < 4.78 is 26.2. The van der Waals surface area contributed by atoms with Gasteiger partial charge in [-0.15, -0.1) is 0 Å². The fourth-order valence-electron chi connectivity index (χ4n) is 1.72. The van der Waals surface area contributed by atoms with Crippen molar-refractivity contribution in [3.63, 3.8) is 0 Å². The Morgan fingerprint density at radius 1 is 1.00 bits per heavy atom. The van der Waals surface area contributed by atoms with Crippen molar-refractivity contribution in [2.75, 3.05) is 0 Å². The van der Waals surface area contributed by atoms with Crippen LogP contribution in [0, 0.1) is 18.6 Å². The Kier molecular flexibility index (Phi) is 3.88. The summed E-state index contributed by atoms with van der Waals surface area (Å²) in [5.41, 5.74) is 0.904. The summed E-state index contributed by atoms with van der Waals surface area (Å²) >= 11 is 11.6. The van der Waals surface area contributed by atoms with Crippen molar-refractivity contribution in [2.45, 2.75) is 6.92 Å². The number of benzene rings is 2. The summed E-state index contributed by atoms with van der Waals surface area (Å²) in [6.07, 6.45) is 0. The second-order valence-corrected chi connectivity index (χ2v) is 4.88. The van der Waals surface area contributed by atoms with E-state index in [-0.39, 0.29) is 10.6 Å². The van der Waals surface area contributed by atoms with E-state index in [0.29, 0.717) is 16.1 Å². The van der Waals surface area contributed by atoms with Gasteiger partial charge in [0.2, 0.25) is 0 Å². The van der Waals surface area contributed by atoms with E-state index in [1.165, 1.54) is 6.07 Å². The summed E-state index contributed by atoms with van der Waals surface area (Å²) in [7, 11) is 0. The molecule has 0 aliphatic rings. The monoisotopic (exact) mass is 300 g/mol. The van der Waals surface area contributed by atoms with Gasteiger partial charge in [0.25, 0.3) is 0 Å². The molecule has 0 aliphatic carbocycles. The molecule has 0 N–H and O–H groups in total. The van der Waals surface area contributed by atoms with Crippen LogP contribution in [0.1, 0.15) is 21.5 Å². The highest BCUT2D eigenvalue weighted by molar-refractivity contribution is 6.35. The molecule has 0 aromatic heterocycles. The molecule has 2 aromatic rings. The number of carbonyl (C=O) groups excluding carboxylic acids is 1. The lowest BCUT2D eigenvalue weighted by molar-refractivity contribution is 0.103. The molecule has 1 nitrogen and oxygen atoms in total. The predicted octanol–water partition coefficient (Wildman–Crippen LogP) is 4.81. The van der Waals surface area contributed by atoms with E-state index in [2.05, 4.69) is 0 Å². The lowest BCUT2D eigenvalue weighted by atomic mass is 9.99. The molecule has 0 heterocycles. The van der Waals surface area contributed by atoms with Crippen LogP contribution in [0.25, 0.3) is 0 Å². The number of rotatable bonds is 2.